The number of rotatable bonds is 0. The van der Waals surface area contributed by atoms with Crippen LogP contribution in [0.2, 0.25) is 0 Å². The van der Waals surface area contributed by atoms with Gasteiger partial charge < -0.3 is 9.47 Å². The van der Waals surface area contributed by atoms with Gasteiger partial charge in [-0.1, -0.05) is 18.1 Å². The minimum Gasteiger partial charge on any atom is -0.364 e. The predicted octanol–water partition coefficient (Wildman–Crippen LogP) is 3.24. The molecule has 0 unspecified atom stereocenters. The van der Waals surface area contributed by atoms with Crippen molar-refractivity contribution in [2.75, 3.05) is 13.2 Å². The van der Waals surface area contributed by atoms with Gasteiger partial charge >= 0.3 is 0 Å². The minimum absolute atomic E-state index is 0.132. The second-order valence-corrected chi connectivity index (χ2v) is 5.11. The molecule has 0 amide bonds. The van der Waals surface area contributed by atoms with E-state index in [2.05, 4.69) is 37.8 Å². The zero-order valence-electron chi connectivity index (χ0n) is 11.4. The summed E-state index contributed by atoms with van der Waals surface area (Å²) in [6.07, 6.45) is 9.23. The highest BCUT2D eigenvalue weighted by molar-refractivity contribution is 5.21. The zero-order chi connectivity index (χ0) is 12.8. The molecule has 2 aliphatic rings. The van der Waals surface area contributed by atoms with E-state index in [4.69, 9.17) is 9.47 Å². The van der Waals surface area contributed by atoms with Crippen LogP contribution in [0.1, 0.15) is 39.5 Å². The average molecular weight is 246 g/mol. The second-order valence-electron chi connectivity index (χ2n) is 5.11. The molecule has 0 saturated heterocycles. The van der Waals surface area contributed by atoms with Crippen LogP contribution in [0.5, 0.6) is 0 Å². The van der Waals surface area contributed by atoms with E-state index in [0.29, 0.717) is 19.3 Å². The van der Waals surface area contributed by atoms with Crippen molar-refractivity contribution >= 4 is 0 Å². The Labute approximate surface area is 110 Å². The first kappa shape index (κ1) is 13.4. The Kier molecular flexibility index (Phi) is 5.04. The van der Waals surface area contributed by atoms with Gasteiger partial charge in [-0.2, -0.15) is 0 Å². The molecule has 2 heterocycles. The third-order valence-corrected chi connectivity index (χ3v) is 3.35. The van der Waals surface area contributed by atoms with Crippen LogP contribution in [0.3, 0.4) is 0 Å². The van der Waals surface area contributed by atoms with Gasteiger partial charge in [0.05, 0.1) is 18.8 Å². The highest BCUT2D eigenvalue weighted by Crippen LogP contribution is 2.25. The summed E-state index contributed by atoms with van der Waals surface area (Å²) in [5, 5.41) is 0. The fraction of sp³-hybridized carbons (Fsp3) is 0.625. The van der Waals surface area contributed by atoms with Crippen molar-refractivity contribution in [2.24, 2.45) is 0 Å². The molecular weight excluding hydrogens is 224 g/mol. The quantitative estimate of drug-likeness (QED) is 0.482. The molecule has 18 heavy (non-hydrogen) atoms. The molecule has 0 fully saturated rings. The SMILES string of the molecule is CC1=C[C@@H]2/C=C(\C)COCC#CCCCC[C@H]1O2. The van der Waals surface area contributed by atoms with Crippen LogP contribution in [0, 0.1) is 11.8 Å². The van der Waals surface area contributed by atoms with E-state index in [0.717, 1.165) is 19.3 Å². The van der Waals surface area contributed by atoms with Crippen molar-refractivity contribution in [3.63, 3.8) is 0 Å². The summed E-state index contributed by atoms with van der Waals surface area (Å²) in [5.41, 5.74) is 2.58. The molecule has 0 radical (unpaired) electrons. The lowest BCUT2D eigenvalue weighted by atomic mass is 10.1. The molecular formula is C16H22O2. The summed E-state index contributed by atoms with van der Waals surface area (Å²) in [5.74, 6) is 6.22. The van der Waals surface area contributed by atoms with Crippen LogP contribution in [0.25, 0.3) is 0 Å². The number of ether oxygens (including phenoxy) is 2. The van der Waals surface area contributed by atoms with E-state index in [9.17, 15) is 0 Å². The van der Waals surface area contributed by atoms with E-state index < -0.39 is 0 Å². The maximum absolute atomic E-state index is 6.03. The molecule has 2 nitrogen and oxygen atoms in total. The average Bonchev–Trinajstić information content (AvgIpc) is 2.66. The van der Waals surface area contributed by atoms with Gasteiger partial charge in [0.1, 0.15) is 6.61 Å². The van der Waals surface area contributed by atoms with E-state index in [-0.39, 0.29) is 6.10 Å². The number of hydrogen-bond donors (Lipinski definition) is 0. The van der Waals surface area contributed by atoms with E-state index >= 15 is 0 Å². The Hall–Kier alpha value is -1.04. The highest BCUT2D eigenvalue weighted by atomic mass is 16.5. The van der Waals surface area contributed by atoms with Gasteiger partial charge in [0.2, 0.25) is 0 Å². The molecule has 0 aromatic carbocycles. The number of hydrogen-bond acceptors (Lipinski definition) is 2. The summed E-state index contributed by atoms with van der Waals surface area (Å²) < 4.78 is 11.5. The van der Waals surface area contributed by atoms with Crippen LogP contribution in [-0.4, -0.2) is 25.4 Å². The lowest BCUT2D eigenvalue weighted by Gasteiger charge is -2.14. The zero-order valence-corrected chi connectivity index (χ0v) is 11.4. The van der Waals surface area contributed by atoms with E-state index in [1.165, 1.54) is 17.6 Å². The first-order chi connectivity index (χ1) is 8.75. The molecule has 2 bridgehead atoms. The molecule has 0 N–H and O–H groups in total. The maximum Gasteiger partial charge on any atom is 0.108 e. The van der Waals surface area contributed by atoms with Gasteiger partial charge in [0.25, 0.3) is 0 Å². The monoisotopic (exact) mass is 246 g/mol. The van der Waals surface area contributed by atoms with Gasteiger partial charge in [-0.15, -0.1) is 5.92 Å². The van der Waals surface area contributed by atoms with Crippen LogP contribution in [0.4, 0.5) is 0 Å². The van der Waals surface area contributed by atoms with E-state index in [1.807, 2.05) is 0 Å². The maximum atomic E-state index is 6.03. The topological polar surface area (TPSA) is 18.5 Å². The van der Waals surface area contributed by atoms with Gasteiger partial charge in [-0.25, -0.2) is 0 Å². The van der Waals surface area contributed by atoms with Gasteiger partial charge in [-0.3, -0.25) is 0 Å². The molecule has 0 spiro atoms. The van der Waals surface area contributed by atoms with Crippen LogP contribution >= 0.6 is 0 Å². The first-order valence-electron chi connectivity index (χ1n) is 6.80. The molecule has 2 heteroatoms. The summed E-state index contributed by atoms with van der Waals surface area (Å²) in [7, 11) is 0. The van der Waals surface area contributed by atoms with Crippen molar-refractivity contribution in [3.8, 4) is 11.8 Å². The number of fused-ring (bicyclic) bond motifs is 2. The summed E-state index contributed by atoms with van der Waals surface area (Å²) >= 11 is 0. The second kappa shape index (κ2) is 6.78. The largest absolute Gasteiger partial charge is 0.364 e. The van der Waals surface area contributed by atoms with Gasteiger partial charge in [-0.05, 0) is 44.3 Å². The van der Waals surface area contributed by atoms with Crippen LogP contribution in [0.15, 0.2) is 23.3 Å². The molecule has 2 atom stereocenters. The van der Waals surface area contributed by atoms with Gasteiger partial charge in [0, 0.05) is 6.42 Å². The normalized spacial score (nSPS) is 32.6. The van der Waals surface area contributed by atoms with Crippen molar-refractivity contribution < 1.29 is 9.47 Å². The molecule has 98 valence electrons. The van der Waals surface area contributed by atoms with Crippen LogP contribution < -0.4 is 0 Å². The molecule has 0 saturated carbocycles. The van der Waals surface area contributed by atoms with Crippen LogP contribution in [-0.2, 0) is 9.47 Å². The third kappa shape index (κ3) is 4.01. The summed E-state index contributed by atoms with van der Waals surface area (Å²) in [6, 6.07) is 0. The fourth-order valence-corrected chi connectivity index (χ4v) is 2.36. The van der Waals surface area contributed by atoms with Crippen molar-refractivity contribution in [3.05, 3.63) is 23.3 Å². The highest BCUT2D eigenvalue weighted by Gasteiger charge is 2.22. The molecule has 0 aliphatic carbocycles. The summed E-state index contributed by atoms with van der Waals surface area (Å²) in [4.78, 5) is 0. The smallest absolute Gasteiger partial charge is 0.108 e. The van der Waals surface area contributed by atoms with Gasteiger partial charge in [0.15, 0.2) is 0 Å². The van der Waals surface area contributed by atoms with Crippen molar-refractivity contribution in [1.29, 1.82) is 0 Å². The lowest BCUT2D eigenvalue weighted by molar-refractivity contribution is 0.0737. The Balaban J connectivity index is 2.01. The predicted molar refractivity (Wildman–Crippen MR) is 73.2 cm³/mol. The summed E-state index contributed by atoms with van der Waals surface area (Å²) in [6.45, 7) is 5.43. The van der Waals surface area contributed by atoms with E-state index in [1.54, 1.807) is 0 Å². The Morgan fingerprint density at radius 3 is 2.94 bits per heavy atom. The Bertz CT molecular complexity index is 395. The fourth-order valence-electron chi connectivity index (χ4n) is 2.36. The molecule has 2 aliphatic heterocycles. The third-order valence-electron chi connectivity index (χ3n) is 3.35. The van der Waals surface area contributed by atoms with Crippen molar-refractivity contribution in [2.45, 2.75) is 51.7 Å². The molecule has 0 aromatic rings. The standard InChI is InChI=1S/C16H22O2/c1-13-10-15-11-14(2)16(18-15)8-6-4-3-5-7-9-17-12-13/h10-11,15-16H,3-4,6,8-9,12H2,1-2H3/b13-10+/t15-,16+/m0/s1. The Morgan fingerprint density at radius 1 is 1.17 bits per heavy atom. The minimum atomic E-state index is 0.132. The Morgan fingerprint density at radius 2 is 2.06 bits per heavy atom. The van der Waals surface area contributed by atoms with Crippen molar-refractivity contribution in [1.82, 2.24) is 0 Å². The first-order valence-corrected chi connectivity index (χ1v) is 6.80. The lowest BCUT2D eigenvalue weighted by Crippen LogP contribution is -2.13. The molecule has 2 rings (SSSR count). The molecule has 0 aromatic heterocycles.